The predicted molar refractivity (Wildman–Crippen MR) is 90.5 cm³/mol. The van der Waals surface area contributed by atoms with Crippen LogP contribution in [-0.2, 0) is 16.2 Å². The second-order valence-corrected chi connectivity index (χ2v) is 10.4. The molecule has 0 aliphatic carbocycles. The highest BCUT2D eigenvalue weighted by atomic mass is 31.1. The first kappa shape index (κ1) is 16.0. The molecule has 20 heavy (non-hydrogen) atoms. The van der Waals surface area contributed by atoms with Crippen molar-refractivity contribution in [2.24, 2.45) is 0 Å². The van der Waals surface area contributed by atoms with Gasteiger partial charge in [-0.05, 0) is 32.9 Å². The highest BCUT2D eigenvalue weighted by Gasteiger charge is 2.40. The van der Waals surface area contributed by atoms with Crippen molar-refractivity contribution in [3.63, 3.8) is 0 Å². The molecule has 1 aliphatic rings. The Morgan fingerprint density at radius 3 is 2.00 bits per heavy atom. The molecule has 2 rings (SSSR count). The Labute approximate surface area is 125 Å². The van der Waals surface area contributed by atoms with Gasteiger partial charge in [0.25, 0.3) is 0 Å². The molecule has 112 valence electrons. The predicted octanol–water partition coefficient (Wildman–Crippen LogP) is 4.59. The fraction of sp³-hybridized carbons (Fsp3) is 0.667. The van der Waals surface area contributed by atoms with Crippen LogP contribution in [0.3, 0.4) is 0 Å². The zero-order valence-corrected chi connectivity index (χ0v) is 15.2. The minimum atomic E-state index is -1.00. The molecule has 0 saturated heterocycles. The SMILES string of the molecule is CC(C)(C)c1cc(C(C)(C)C)c2c(c1)C(C)(C)CP2O. The summed E-state index contributed by atoms with van der Waals surface area (Å²) in [5.74, 6) is 0. The zero-order valence-electron chi connectivity index (χ0n) is 14.3. The lowest BCUT2D eigenvalue weighted by Gasteiger charge is -2.30. The fourth-order valence-corrected chi connectivity index (χ4v) is 5.37. The van der Waals surface area contributed by atoms with E-state index in [4.69, 9.17) is 0 Å². The van der Waals surface area contributed by atoms with Gasteiger partial charge in [-0.15, -0.1) is 0 Å². The van der Waals surface area contributed by atoms with Crippen molar-refractivity contribution in [1.82, 2.24) is 0 Å². The molecule has 0 aromatic heterocycles. The van der Waals surface area contributed by atoms with Crippen LogP contribution in [0.15, 0.2) is 12.1 Å². The lowest BCUT2D eigenvalue weighted by molar-refractivity contribution is 0.559. The molecular weight excluding hydrogens is 263 g/mol. The van der Waals surface area contributed by atoms with Crippen LogP contribution in [-0.4, -0.2) is 11.1 Å². The summed E-state index contributed by atoms with van der Waals surface area (Å²) in [6.45, 7) is 18.1. The van der Waals surface area contributed by atoms with Crippen LogP contribution in [0.25, 0.3) is 0 Å². The van der Waals surface area contributed by atoms with Gasteiger partial charge in [0.15, 0.2) is 0 Å². The Bertz CT molecular complexity index is 530. The second kappa shape index (κ2) is 4.55. The van der Waals surface area contributed by atoms with Crippen molar-refractivity contribution in [3.8, 4) is 0 Å². The summed E-state index contributed by atoms with van der Waals surface area (Å²) in [4.78, 5) is 10.6. The van der Waals surface area contributed by atoms with Gasteiger partial charge in [0.05, 0.1) is 8.15 Å². The van der Waals surface area contributed by atoms with Crippen LogP contribution in [0.4, 0.5) is 0 Å². The molecule has 1 atom stereocenters. The Balaban J connectivity index is 2.79. The van der Waals surface area contributed by atoms with Gasteiger partial charge in [-0.25, -0.2) is 0 Å². The van der Waals surface area contributed by atoms with Crippen molar-refractivity contribution >= 4 is 13.5 Å². The summed E-state index contributed by atoms with van der Waals surface area (Å²) in [7, 11) is -1.00. The molecule has 0 bridgehead atoms. The van der Waals surface area contributed by atoms with Gasteiger partial charge < -0.3 is 4.89 Å². The summed E-state index contributed by atoms with van der Waals surface area (Å²) >= 11 is 0. The van der Waals surface area contributed by atoms with E-state index in [1.807, 2.05) is 0 Å². The number of rotatable bonds is 0. The molecule has 0 saturated carbocycles. The first-order valence-corrected chi connectivity index (χ1v) is 8.98. The summed E-state index contributed by atoms with van der Waals surface area (Å²) < 4.78 is 0. The zero-order chi connectivity index (χ0) is 15.5. The summed E-state index contributed by atoms with van der Waals surface area (Å²) in [5.41, 5.74) is 4.43. The average molecular weight is 292 g/mol. The van der Waals surface area contributed by atoms with Crippen molar-refractivity contribution in [2.75, 3.05) is 6.16 Å². The first-order valence-electron chi connectivity index (χ1n) is 7.50. The van der Waals surface area contributed by atoms with E-state index in [0.29, 0.717) is 0 Å². The Hall–Kier alpha value is -0.390. The molecule has 1 heterocycles. The summed E-state index contributed by atoms with van der Waals surface area (Å²) in [6.07, 6.45) is 0.897. The van der Waals surface area contributed by atoms with Gasteiger partial charge >= 0.3 is 0 Å². The average Bonchev–Trinajstić information content (AvgIpc) is 2.46. The number of fused-ring (bicyclic) bond motifs is 1. The first-order chi connectivity index (χ1) is 8.84. The van der Waals surface area contributed by atoms with E-state index >= 15 is 0 Å². The maximum atomic E-state index is 10.6. The van der Waals surface area contributed by atoms with E-state index in [1.165, 1.54) is 22.0 Å². The lowest BCUT2D eigenvalue weighted by atomic mass is 9.75. The van der Waals surface area contributed by atoms with Crippen molar-refractivity contribution in [1.29, 1.82) is 0 Å². The highest BCUT2D eigenvalue weighted by molar-refractivity contribution is 7.60. The molecule has 1 nitrogen and oxygen atoms in total. The molecular formula is C18H29OP. The Morgan fingerprint density at radius 2 is 1.55 bits per heavy atom. The monoisotopic (exact) mass is 292 g/mol. The second-order valence-electron chi connectivity index (χ2n) is 8.86. The standard InChI is InChI=1S/C18H29OP/c1-16(2,3)12-9-13(17(4,5)6)15-14(10-12)18(7,8)11-20(15)19/h9-10,19H,11H2,1-8H3. The number of hydrogen-bond acceptors (Lipinski definition) is 1. The molecule has 1 unspecified atom stereocenters. The maximum absolute atomic E-state index is 10.6. The minimum absolute atomic E-state index is 0.0784. The van der Waals surface area contributed by atoms with Gasteiger partial charge in [-0.3, -0.25) is 0 Å². The van der Waals surface area contributed by atoms with Crippen LogP contribution in [0.1, 0.15) is 72.1 Å². The third kappa shape index (κ3) is 2.68. The van der Waals surface area contributed by atoms with Crippen LogP contribution in [0.5, 0.6) is 0 Å². The Kier molecular flexibility index (Phi) is 3.64. The Morgan fingerprint density at radius 1 is 1.00 bits per heavy atom. The number of benzene rings is 1. The van der Waals surface area contributed by atoms with Gasteiger partial charge in [0, 0.05) is 11.5 Å². The topological polar surface area (TPSA) is 20.2 Å². The van der Waals surface area contributed by atoms with Crippen molar-refractivity contribution < 1.29 is 4.89 Å². The van der Waals surface area contributed by atoms with Crippen molar-refractivity contribution in [2.45, 2.75) is 71.6 Å². The van der Waals surface area contributed by atoms with Crippen LogP contribution in [0, 0.1) is 0 Å². The molecule has 2 heteroatoms. The maximum Gasteiger partial charge on any atom is 0.0578 e. The molecule has 1 aromatic rings. The van der Waals surface area contributed by atoms with E-state index < -0.39 is 8.15 Å². The normalized spacial score (nSPS) is 21.9. The molecule has 0 radical (unpaired) electrons. The van der Waals surface area contributed by atoms with E-state index in [-0.39, 0.29) is 16.2 Å². The highest BCUT2D eigenvalue weighted by Crippen LogP contribution is 2.50. The third-order valence-corrected chi connectivity index (χ3v) is 6.40. The largest absolute Gasteiger partial charge is 0.369 e. The van der Waals surface area contributed by atoms with Crippen LogP contribution < -0.4 is 5.30 Å². The summed E-state index contributed by atoms with van der Waals surface area (Å²) in [5, 5.41) is 1.26. The molecule has 0 fully saturated rings. The van der Waals surface area contributed by atoms with Crippen molar-refractivity contribution in [3.05, 3.63) is 28.8 Å². The quantitative estimate of drug-likeness (QED) is 0.694. The lowest BCUT2D eigenvalue weighted by Crippen LogP contribution is -2.27. The molecule has 1 aliphatic heterocycles. The minimum Gasteiger partial charge on any atom is -0.369 e. The van der Waals surface area contributed by atoms with Gasteiger partial charge in [0.2, 0.25) is 0 Å². The third-order valence-electron chi connectivity index (χ3n) is 4.32. The van der Waals surface area contributed by atoms with Crippen LogP contribution >= 0.6 is 8.15 Å². The number of hydrogen-bond donors (Lipinski definition) is 1. The van der Waals surface area contributed by atoms with Gasteiger partial charge in [-0.2, -0.15) is 0 Å². The van der Waals surface area contributed by atoms with E-state index in [1.54, 1.807) is 0 Å². The summed E-state index contributed by atoms with van der Waals surface area (Å²) in [6, 6.07) is 4.69. The van der Waals surface area contributed by atoms with Gasteiger partial charge in [0.1, 0.15) is 0 Å². The van der Waals surface area contributed by atoms with E-state index in [2.05, 4.69) is 67.5 Å². The van der Waals surface area contributed by atoms with E-state index in [9.17, 15) is 4.89 Å². The van der Waals surface area contributed by atoms with Crippen LogP contribution in [0.2, 0.25) is 0 Å². The molecule has 0 spiro atoms. The molecule has 1 N–H and O–H groups in total. The van der Waals surface area contributed by atoms with E-state index in [0.717, 1.165) is 6.16 Å². The smallest absolute Gasteiger partial charge is 0.0578 e. The van der Waals surface area contributed by atoms with Gasteiger partial charge in [-0.1, -0.05) is 67.5 Å². The molecule has 1 aromatic carbocycles. The fourth-order valence-electron chi connectivity index (χ4n) is 2.97. The molecule has 0 amide bonds.